The first kappa shape index (κ1) is 14.9. The third kappa shape index (κ3) is 3.97. The highest BCUT2D eigenvalue weighted by molar-refractivity contribution is 5.81. The van der Waals surface area contributed by atoms with Crippen LogP contribution in [0.3, 0.4) is 0 Å². The molecule has 20 heavy (non-hydrogen) atoms. The Balaban J connectivity index is 1.82. The zero-order chi connectivity index (χ0) is 14.4. The molecule has 1 saturated heterocycles. The molecule has 0 aromatic heterocycles. The summed E-state index contributed by atoms with van der Waals surface area (Å²) in [7, 11) is 3.38. The van der Waals surface area contributed by atoms with E-state index in [1.165, 1.54) is 5.56 Å². The summed E-state index contributed by atoms with van der Waals surface area (Å²) in [5.41, 5.74) is 1.33. The van der Waals surface area contributed by atoms with Crippen LogP contribution in [0, 0.1) is 5.92 Å². The highest BCUT2D eigenvalue weighted by Gasteiger charge is 2.25. The Kier molecular flexibility index (Phi) is 5.41. The fraction of sp³-hybridized carbons (Fsp3) is 0.562. The number of piperidine rings is 1. The van der Waals surface area contributed by atoms with E-state index in [4.69, 9.17) is 4.74 Å². The van der Waals surface area contributed by atoms with Crippen LogP contribution in [0.1, 0.15) is 24.8 Å². The summed E-state index contributed by atoms with van der Waals surface area (Å²) in [6.07, 6.45) is 4.30. The molecule has 1 aromatic carbocycles. The summed E-state index contributed by atoms with van der Waals surface area (Å²) in [5.74, 6) is 1.63. The second-order valence-corrected chi connectivity index (χ2v) is 5.40. The molecule has 2 N–H and O–H groups in total. The largest absolute Gasteiger partial charge is 0.497 e. The van der Waals surface area contributed by atoms with Crippen molar-refractivity contribution in [2.75, 3.05) is 20.7 Å². The summed E-state index contributed by atoms with van der Waals surface area (Å²) < 4.78 is 5.16. The first-order valence-corrected chi connectivity index (χ1v) is 7.31. The van der Waals surface area contributed by atoms with Crippen molar-refractivity contribution in [1.29, 1.82) is 0 Å². The molecule has 1 fully saturated rings. The molecule has 4 heteroatoms. The van der Waals surface area contributed by atoms with Gasteiger partial charge in [-0.25, -0.2) is 0 Å². The average molecular weight is 276 g/mol. The van der Waals surface area contributed by atoms with Crippen molar-refractivity contribution in [3.63, 3.8) is 0 Å². The lowest BCUT2D eigenvalue weighted by Crippen LogP contribution is -2.47. The van der Waals surface area contributed by atoms with E-state index in [0.29, 0.717) is 5.92 Å². The van der Waals surface area contributed by atoms with Crippen molar-refractivity contribution in [2.24, 2.45) is 5.92 Å². The second-order valence-electron chi connectivity index (χ2n) is 5.40. The van der Waals surface area contributed by atoms with Crippen molar-refractivity contribution >= 4 is 5.91 Å². The van der Waals surface area contributed by atoms with Crippen molar-refractivity contribution in [3.8, 4) is 5.75 Å². The Bertz CT molecular complexity index is 431. The van der Waals surface area contributed by atoms with E-state index in [-0.39, 0.29) is 11.9 Å². The number of hydrogen-bond acceptors (Lipinski definition) is 3. The minimum absolute atomic E-state index is 0.0189. The standard InChI is InChI=1S/C16H24N2O2/c1-17-16(19)15-11-13(9-10-18-15)4-3-12-5-7-14(20-2)8-6-12/h5-8,13,15,18H,3-4,9-11H2,1-2H3,(H,17,19). The summed E-state index contributed by atoms with van der Waals surface area (Å²) in [6.45, 7) is 0.936. The predicted molar refractivity (Wildman–Crippen MR) is 79.9 cm³/mol. The van der Waals surface area contributed by atoms with Crippen molar-refractivity contribution in [3.05, 3.63) is 29.8 Å². The molecule has 1 aliphatic rings. The van der Waals surface area contributed by atoms with E-state index in [1.54, 1.807) is 14.2 Å². The maximum Gasteiger partial charge on any atom is 0.236 e. The first-order chi connectivity index (χ1) is 9.72. The number of nitrogens with one attached hydrogen (secondary N) is 2. The Morgan fingerprint density at radius 1 is 1.40 bits per heavy atom. The third-order valence-corrected chi connectivity index (χ3v) is 4.08. The highest BCUT2D eigenvalue weighted by atomic mass is 16.5. The van der Waals surface area contributed by atoms with Gasteiger partial charge < -0.3 is 15.4 Å². The number of rotatable bonds is 5. The maximum absolute atomic E-state index is 11.7. The molecule has 1 aliphatic heterocycles. The van der Waals surface area contributed by atoms with Crippen LogP contribution in [-0.2, 0) is 11.2 Å². The van der Waals surface area contributed by atoms with Crippen molar-refractivity contribution in [1.82, 2.24) is 10.6 Å². The number of hydrogen-bond donors (Lipinski definition) is 2. The highest BCUT2D eigenvalue weighted by Crippen LogP contribution is 2.22. The van der Waals surface area contributed by atoms with Crippen molar-refractivity contribution < 1.29 is 9.53 Å². The quantitative estimate of drug-likeness (QED) is 0.861. The van der Waals surface area contributed by atoms with Gasteiger partial charge in [0.2, 0.25) is 5.91 Å². The number of aryl methyl sites for hydroxylation is 1. The molecule has 2 unspecified atom stereocenters. The van der Waals surface area contributed by atoms with Crippen LogP contribution in [0.15, 0.2) is 24.3 Å². The number of carbonyl (C=O) groups excluding carboxylic acids is 1. The lowest BCUT2D eigenvalue weighted by molar-refractivity contribution is -0.123. The third-order valence-electron chi connectivity index (χ3n) is 4.08. The fourth-order valence-electron chi connectivity index (χ4n) is 2.80. The molecule has 1 amide bonds. The monoisotopic (exact) mass is 276 g/mol. The molecule has 0 spiro atoms. The van der Waals surface area contributed by atoms with E-state index in [2.05, 4.69) is 22.8 Å². The Morgan fingerprint density at radius 2 is 2.15 bits per heavy atom. The molecule has 2 atom stereocenters. The van der Waals surface area contributed by atoms with Gasteiger partial charge in [-0.15, -0.1) is 0 Å². The van der Waals surface area contributed by atoms with Crippen molar-refractivity contribution in [2.45, 2.75) is 31.7 Å². The molecule has 1 heterocycles. The van der Waals surface area contributed by atoms with Gasteiger partial charge in [-0.1, -0.05) is 12.1 Å². The second kappa shape index (κ2) is 7.29. The van der Waals surface area contributed by atoms with E-state index < -0.39 is 0 Å². The molecule has 0 radical (unpaired) electrons. The van der Waals surface area contributed by atoms with Crippen LogP contribution in [0.25, 0.3) is 0 Å². The Hall–Kier alpha value is -1.55. The molecular formula is C16H24N2O2. The molecule has 0 aliphatic carbocycles. The van der Waals surface area contributed by atoms with Crippen LogP contribution in [-0.4, -0.2) is 32.7 Å². The van der Waals surface area contributed by atoms with Crippen LogP contribution in [0.4, 0.5) is 0 Å². The summed E-state index contributed by atoms with van der Waals surface area (Å²) in [5, 5.41) is 6.01. The van der Waals surface area contributed by atoms with Gasteiger partial charge >= 0.3 is 0 Å². The van der Waals surface area contributed by atoms with Gasteiger partial charge in [0, 0.05) is 7.05 Å². The molecule has 1 aromatic rings. The number of benzene rings is 1. The molecule has 110 valence electrons. The van der Waals surface area contributed by atoms with Gasteiger partial charge in [0.05, 0.1) is 13.2 Å². The predicted octanol–water partition coefficient (Wildman–Crippen LogP) is 1.74. The van der Waals surface area contributed by atoms with Gasteiger partial charge in [-0.3, -0.25) is 4.79 Å². The Labute approximate surface area is 120 Å². The van der Waals surface area contributed by atoms with E-state index in [1.807, 2.05) is 12.1 Å². The van der Waals surface area contributed by atoms with Gasteiger partial charge in [0.15, 0.2) is 0 Å². The Morgan fingerprint density at radius 3 is 2.80 bits per heavy atom. The minimum atomic E-state index is -0.0189. The van der Waals surface area contributed by atoms with Gasteiger partial charge in [-0.05, 0) is 55.8 Å². The number of amides is 1. The first-order valence-electron chi connectivity index (χ1n) is 7.31. The molecule has 4 nitrogen and oxygen atoms in total. The number of carbonyl (C=O) groups is 1. The van der Waals surface area contributed by atoms with Crippen LogP contribution < -0.4 is 15.4 Å². The maximum atomic E-state index is 11.7. The van der Waals surface area contributed by atoms with Crippen LogP contribution in [0.2, 0.25) is 0 Å². The summed E-state index contributed by atoms with van der Waals surface area (Å²) >= 11 is 0. The molecule has 0 bridgehead atoms. The van der Waals surface area contributed by atoms with Gasteiger partial charge in [0.1, 0.15) is 5.75 Å². The lowest BCUT2D eigenvalue weighted by Gasteiger charge is -2.29. The molecule has 0 saturated carbocycles. The zero-order valence-electron chi connectivity index (χ0n) is 12.3. The number of likely N-dealkylation sites (N-methyl/N-ethyl adjacent to an activating group) is 1. The average Bonchev–Trinajstić information content (AvgIpc) is 2.53. The molecule has 2 rings (SSSR count). The summed E-state index contributed by atoms with van der Waals surface area (Å²) in [6, 6.07) is 8.23. The zero-order valence-corrected chi connectivity index (χ0v) is 12.3. The van der Waals surface area contributed by atoms with Gasteiger partial charge in [0.25, 0.3) is 0 Å². The smallest absolute Gasteiger partial charge is 0.236 e. The molecular weight excluding hydrogens is 252 g/mol. The SMILES string of the molecule is CNC(=O)C1CC(CCc2ccc(OC)cc2)CCN1. The van der Waals surface area contributed by atoms with E-state index in [0.717, 1.165) is 38.0 Å². The fourth-order valence-corrected chi connectivity index (χ4v) is 2.80. The van der Waals surface area contributed by atoms with Crippen LogP contribution in [0.5, 0.6) is 5.75 Å². The summed E-state index contributed by atoms with van der Waals surface area (Å²) in [4.78, 5) is 11.7. The van der Waals surface area contributed by atoms with E-state index >= 15 is 0 Å². The topological polar surface area (TPSA) is 50.4 Å². The number of ether oxygens (including phenoxy) is 1. The van der Waals surface area contributed by atoms with Gasteiger partial charge in [-0.2, -0.15) is 0 Å². The van der Waals surface area contributed by atoms with Crippen LogP contribution >= 0.6 is 0 Å². The number of methoxy groups -OCH3 is 1. The minimum Gasteiger partial charge on any atom is -0.497 e. The lowest BCUT2D eigenvalue weighted by atomic mass is 9.87. The van der Waals surface area contributed by atoms with E-state index in [9.17, 15) is 4.79 Å². The normalized spacial score (nSPS) is 22.3.